The third-order valence-corrected chi connectivity index (χ3v) is 0. The van der Waals surface area contributed by atoms with E-state index in [1.165, 1.54) is 0 Å². The van der Waals surface area contributed by atoms with Crippen molar-refractivity contribution in [1.29, 1.82) is 0 Å². The van der Waals surface area contributed by atoms with Crippen LogP contribution in [0.3, 0.4) is 0 Å². The largest absolute Gasteiger partial charge is 5.00 e. The molecule has 0 aromatic heterocycles. The van der Waals surface area contributed by atoms with Crippen molar-refractivity contribution in [2.45, 2.75) is 7.43 Å². The van der Waals surface area contributed by atoms with E-state index in [9.17, 15) is 0 Å². The van der Waals surface area contributed by atoms with Gasteiger partial charge in [0.15, 0.2) is 0 Å². The number of hydrogen-bond acceptors (Lipinski definition) is 0. The number of rotatable bonds is 0. The van der Waals surface area contributed by atoms with Gasteiger partial charge in [0.05, 0.1) is 0 Å². The summed E-state index contributed by atoms with van der Waals surface area (Å²) in [6.45, 7) is 0. The van der Waals surface area contributed by atoms with Crippen molar-refractivity contribution in [3.05, 3.63) is 37.1 Å². The SMILES string of the molecule is C.[CH3-].[CH3-].[CH3-].[CH3-].[CH3-].[Ta+5]. The van der Waals surface area contributed by atoms with Gasteiger partial charge in [-0.15, -0.1) is 0 Å². The maximum atomic E-state index is 0. The van der Waals surface area contributed by atoms with Crippen LogP contribution in [0.15, 0.2) is 0 Å². The minimum Gasteiger partial charge on any atom is -0.358 e. The molecule has 0 nitrogen and oxygen atoms in total. The van der Waals surface area contributed by atoms with Gasteiger partial charge in [0, 0.05) is 0 Å². The zero-order valence-corrected chi connectivity index (χ0v) is 8.66. The van der Waals surface area contributed by atoms with Crippen molar-refractivity contribution in [2.24, 2.45) is 0 Å². The fraction of sp³-hybridized carbons (Fsp3) is 0.167. The second-order valence-electron chi connectivity index (χ2n) is 0. The minimum atomic E-state index is 0. The van der Waals surface area contributed by atoms with E-state index in [1.54, 1.807) is 0 Å². The first kappa shape index (κ1) is 642. The summed E-state index contributed by atoms with van der Waals surface area (Å²) < 4.78 is 0. The van der Waals surface area contributed by atoms with Crippen LogP contribution in [0.2, 0.25) is 0 Å². The van der Waals surface area contributed by atoms with E-state index in [4.69, 9.17) is 0 Å². The van der Waals surface area contributed by atoms with Crippen molar-refractivity contribution >= 4 is 0 Å². The van der Waals surface area contributed by atoms with Crippen LogP contribution < -0.4 is 0 Å². The minimum absolute atomic E-state index is 0. The molecule has 0 unspecified atom stereocenters. The fourth-order valence-electron chi connectivity index (χ4n) is 0. The quantitative estimate of drug-likeness (QED) is 0.595. The summed E-state index contributed by atoms with van der Waals surface area (Å²) in [7, 11) is 0. The van der Waals surface area contributed by atoms with Crippen LogP contribution in [0.25, 0.3) is 0 Å². The first-order valence-corrected chi connectivity index (χ1v) is 0. The van der Waals surface area contributed by atoms with E-state index >= 15 is 0 Å². The van der Waals surface area contributed by atoms with Crippen molar-refractivity contribution in [3.8, 4) is 0 Å². The van der Waals surface area contributed by atoms with Crippen molar-refractivity contribution in [2.75, 3.05) is 0 Å². The molecule has 48 valence electrons. The van der Waals surface area contributed by atoms with Crippen LogP contribution in [0.4, 0.5) is 0 Å². The Kier molecular flexibility index (Phi) is 37200. The van der Waals surface area contributed by atoms with Crippen LogP contribution >= 0.6 is 0 Å². The standard InChI is InChI=1S/CH4.5CH3.Ta/h1H4;5*1H3;/q;5*-1;+5. The molecule has 0 aromatic rings. The van der Waals surface area contributed by atoms with Crippen LogP contribution in [0, 0.1) is 37.1 Å². The molecule has 0 spiro atoms. The molecule has 0 bridgehead atoms. The fourth-order valence-corrected chi connectivity index (χ4v) is 0. The van der Waals surface area contributed by atoms with E-state index in [-0.39, 0.29) is 66.9 Å². The summed E-state index contributed by atoms with van der Waals surface area (Å²) in [5, 5.41) is 0. The molecule has 0 heterocycles. The molecule has 7 heavy (non-hydrogen) atoms. The predicted octanol–water partition coefficient (Wildman–Crippen LogP) is 2.89. The van der Waals surface area contributed by atoms with Crippen LogP contribution in [-0.4, -0.2) is 0 Å². The average Bonchev–Trinajstić information content (AvgIpc) is 0. The second kappa shape index (κ2) is 405. The Morgan fingerprint density at radius 1 is 0.429 bits per heavy atom. The van der Waals surface area contributed by atoms with E-state index in [0.717, 1.165) is 0 Å². The first-order chi connectivity index (χ1) is 0. The van der Waals surface area contributed by atoms with E-state index < -0.39 is 0 Å². The average molecular weight is 272 g/mol. The molecular weight excluding hydrogens is 253 g/mol. The van der Waals surface area contributed by atoms with Gasteiger partial charge in [0.2, 0.25) is 0 Å². The molecule has 1 heteroatoms. The summed E-state index contributed by atoms with van der Waals surface area (Å²) in [4.78, 5) is 0. The van der Waals surface area contributed by atoms with E-state index in [0.29, 0.717) is 0 Å². The van der Waals surface area contributed by atoms with E-state index in [1.807, 2.05) is 0 Å². The Morgan fingerprint density at radius 3 is 0.429 bits per heavy atom. The van der Waals surface area contributed by atoms with Gasteiger partial charge in [-0.05, 0) is 0 Å². The van der Waals surface area contributed by atoms with Crippen molar-refractivity contribution < 1.29 is 22.4 Å². The molecule has 0 aliphatic rings. The summed E-state index contributed by atoms with van der Waals surface area (Å²) in [5.74, 6) is 0. The zero-order chi connectivity index (χ0) is 0. The van der Waals surface area contributed by atoms with Gasteiger partial charge in [-0.25, -0.2) is 0 Å². The maximum absolute atomic E-state index is 0. The third-order valence-electron chi connectivity index (χ3n) is 0. The molecule has 0 fully saturated rings. The van der Waals surface area contributed by atoms with Gasteiger partial charge < -0.3 is 37.1 Å². The van der Waals surface area contributed by atoms with Crippen molar-refractivity contribution in [1.82, 2.24) is 0 Å². The normalized spacial score (nSPS) is 0. The van der Waals surface area contributed by atoms with Crippen molar-refractivity contribution in [3.63, 3.8) is 0 Å². The van der Waals surface area contributed by atoms with Gasteiger partial charge in [-0.1, -0.05) is 7.43 Å². The van der Waals surface area contributed by atoms with Crippen LogP contribution in [0.1, 0.15) is 7.43 Å². The smallest absolute Gasteiger partial charge is 0.358 e. The van der Waals surface area contributed by atoms with E-state index in [2.05, 4.69) is 0 Å². The molecule has 0 N–H and O–H groups in total. The monoisotopic (exact) mass is 272 g/mol. The van der Waals surface area contributed by atoms with Gasteiger partial charge in [-0.3, -0.25) is 0 Å². The zero-order valence-electron chi connectivity index (χ0n) is 5.45. The number of hydrogen-bond donors (Lipinski definition) is 0. The Hall–Kier alpha value is 0.740. The summed E-state index contributed by atoms with van der Waals surface area (Å²) in [6.07, 6.45) is 0. The summed E-state index contributed by atoms with van der Waals surface area (Å²) >= 11 is 0. The molecule has 0 radical (unpaired) electrons. The molecule has 0 saturated carbocycles. The Bertz CT molecular complexity index is 4.14. The van der Waals surface area contributed by atoms with Gasteiger partial charge in [0.25, 0.3) is 0 Å². The molecular formula is C6H19Ta. The Morgan fingerprint density at radius 2 is 0.429 bits per heavy atom. The van der Waals surface area contributed by atoms with Gasteiger partial charge in [-0.2, -0.15) is 0 Å². The molecule has 0 saturated heterocycles. The molecule has 0 atom stereocenters. The third kappa shape index (κ3) is 276. The van der Waals surface area contributed by atoms with Gasteiger partial charge >= 0.3 is 22.4 Å². The maximum Gasteiger partial charge on any atom is 5.00 e. The van der Waals surface area contributed by atoms with Crippen LogP contribution in [0.5, 0.6) is 0 Å². The molecule has 0 amide bonds. The first-order valence-electron chi connectivity index (χ1n) is 0. The molecule has 0 aliphatic carbocycles. The molecule has 0 rings (SSSR count). The Labute approximate surface area is 67.2 Å². The summed E-state index contributed by atoms with van der Waals surface area (Å²) in [5.41, 5.74) is 0. The summed E-state index contributed by atoms with van der Waals surface area (Å²) in [6, 6.07) is 0. The predicted molar refractivity (Wildman–Crippen MR) is 38.8 cm³/mol. The second-order valence-corrected chi connectivity index (χ2v) is 0. The topological polar surface area (TPSA) is 0 Å². The molecule has 0 aromatic carbocycles. The van der Waals surface area contributed by atoms with Gasteiger partial charge in [0.1, 0.15) is 0 Å². The van der Waals surface area contributed by atoms with Crippen LogP contribution in [-0.2, 0) is 22.4 Å². The Balaban J connectivity index is 0. The molecule has 0 aliphatic heterocycles.